The van der Waals surface area contributed by atoms with Gasteiger partial charge in [-0.25, -0.2) is 4.39 Å². The van der Waals surface area contributed by atoms with Crippen LogP contribution in [0.1, 0.15) is 11.1 Å². The van der Waals surface area contributed by atoms with Gasteiger partial charge in [0.2, 0.25) is 0 Å². The third-order valence-electron chi connectivity index (χ3n) is 2.86. The molecular formula is C14H12BrFN2O2. The van der Waals surface area contributed by atoms with Crippen LogP contribution in [-0.4, -0.2) is 4.92 Å². The van der Waals surface area contributed by atoms with Crippen molar-refractivity contribution < 1.29 is 9.31 Å². The number of aryl methyl sites for hydroxylation is 1. The predicted octanol–water partition coefficient (Wildman–Crippen LogP) is 4.42. The largest absolute Gasteiger partial charge is 0.381 e. The van der Waals surface area contributed by atoms with E-state index in [9.17, 15) is 14.5 Å². The van der Waals surface area contributed by atoms with E-state index in [1.54, 1.807) is 31.2 Å². The van der Waals surface area contributed by atoms with Crippen molar-refractivity contribution in [1.29, 1.82) is 0 Å². The molecule has 1 N–H and O–H groups in total. The Hall–Kier alpha value is -1.95. The van der Waals surface area contributed by atoms with Gasteiger partial charge in [-0.1, -0.05) is 6.07 Å². The first kappa shape index (κ1) is 14.5. The van der Waals surface area contributed by atoms with Crippen molar-refractivity contribution in [3.05, 3.63) is 67.9 Å². The molecule has 0 saturated carbocycles. The molecule has 0 aliphatic carbocycles. The second kappa shape index (κ2) is 6.00. The zero-order valence-corrected chi connectivity index (χ0v) is 12.3. The van der Waals surface area contributed by atoms with Gasteiger partial charge in [-0.05, 0) is 58.2 Å². The van der Waals surface area contributed by atoms with Crippen LogP contribution >= 0.6 is 15.9 Å². The van der Waals surface area contributed by atoms with Crippen molar-refractivity contribution in [2.24, 2.45) is 0 Å². The number of halogens is 2. The lowest BCUT2D eigenvalue weighted by Gasteiger charge is -2.08. The van der Waals surface area contributed by atoms with Crippen LogP contribution in [-0.2, 0) is 6.54 Å². The maximum absolute atomic E-state index is 13.1. The summed E-state index contributed by atoms with van der Waals surface area (Å²) in [5, 5.41) is 14.0. The summed E-state index contributed by atoms with van der Waals surface area (Å²) in [6.07, 6.45) is 0. The SMILES string of the molecule is Cc1cc(NCc2ccc(Br)c([N+](=O)[O-])c2)ccc1F. The number of anilines is 1. The molecule has 0 atom stereocenters. The molecule has 6 heteroatoms. The Labute approximate surface area is 123 Å². The molecule has 0 fully saturated rings. The Balaban J connectivity index is 2.12. The van der Waals surface area contributed by atoms with Crippen LogP contribution in [0, 0.1) is 22.9 Å². The van der Waals surface area contributed by atoms with E-state index in [1.807, 2.05) is 0 Å². The number of nitrogens with one attached hydrogen (secondary N) is 1. The van der Waals surface area contributed by atoms with Crippen LogP contribution in [0.4, 0.5) is 15.8 Å². The van der Waals surface area contributed by atoms with E-state index in [4.69, 9.17) is 0 Å². The Morgan fingerprint density at radius 1 is 1.30 bits per heavy atom. The molecule has 2 rings (SSSR count). The van der Waals surface area contributed by atoms with Crippen LogP contribution in [0.25, 0.3) is 0 Å². The fourth-order valence-corrected chi connectivity index (χ4v) is 2.16. The highest BCUT2D eigenvalue weighted by Gasteiger charge is 2.12. The van der Waals surface area contributed by atoms with Gasteiger partial charge >= 0.3 is 0 Å². The maximum atomic E-state index is 13.1. The summed E-state index contributed by atoms with van der Waals surface area (Å²) in [7, 11) is 0. The van der Waals surface area contributed by atoms with Gasteiger partial charge in [0.05, 0.1) is 9.40 Å². The molecular weight excluding hydrogens is 327 g/mol. The van der Waals surface area contributed by atoms with Gasteiger partial charge in [-0.3, -0.25) is 10.1 Å². The summed E-state index contributed by atoms with van der Waals surface area (Å²) in [5.74, 6) is -0.255. The smallest absolute Gasteiger partial charge is 0.283 e. The van der Waals surface area contributed by atoms with E-state index in [-0.39, 0.29) is 11.5 Å². The molecule has 20 heavy (non-hydrogen) atoms. The molecule has 4 nitrogen and oxygen atoms in total. The van der Waals surface area contributed by atoms with E-state index in [0.29, 0.717) is 16.6 Å². The summed E-state index contributed by atoms with van der Waals surface area (Å²) in [4.78, 5) is 10.4. The highest BCUT2D eigenvalue weighted by Crippen LogP contribution is 2.26. The van der Waals surface area contributed by atoms with Crippen molar-refractivity contribution in [1.82, 2.24) is 0 Å². The number of nitro groups is 1. The number of rotatable bonds is 4. The number of nitrogens with zero attached hydrogens (tertiary/aromatic N) is 1. The highest BCUT2D eigenvalue weighted by molar-refractivity contribution is 9.10. The minimum absolute atomic E-state index is 0.0274. The van der Waals surface area contributed by atoms with Crippen molar-refractivity contribution in [2.45, 2.75) is 13.5 Å². The lowest BCUT2D eigenvalue weighted by molar-refractivity contribution is -0.385. The molecule has 0 aliphatic rings. The molecule has 104 valence electrons. The summed E-state index contributed by atoms with van der Waals surface area (Å²) in [6, 6.07) is 9.67. The van der Waals surface area contributed by atoms with E-state index in [0.717, 1.165) is 11.3 Å². The second-order valence-electron chi connectivity index (χ2n) is 4.36. The number of hydrogen-bond acceptors (Lipinski definition) is 3. The van der Waals surface area contributed by atoms with E-state index in [2.05, 4.69) is 21.2 Å². The van der Waals surface area contributed by atoms with Gasteiger partial charge in [0.25, 0.3) is 5.69 Å². The van der Waals surface area contributed by atoms with Crippen LogP contribution in [0.5, 0.6) is 0 Å². The molecule has 0 unspecified atom stereocenters. The first-order chi connectivity index (χ1) is 9.47. The van der Waals surface area contributed by atoms with Gasteiger partial charge in [-0.2, -0.15) is 0 Å². The molecule has 0 saturated heterocycles. The Morgan fingerprint density at radius 3 is 2.70 bits per heavy atom. The molecule has 0 radical (unpaired) electrons. The average Bonchev–Trinajstić information content (AvgIpc) is 2.41. The summed E-state index contributed by atoms with van der Waals surface area (Å²) in [5.41, 5.74) is 2.13. The van der Waals surface area contributed by atoms with Crippen molar-refractivity contribution in [3.63, 3.8) is 0 Å². The van der Waals surface area contributed by atoms with Gasteiger partial charge in [0, 0.05) is 18.3 Å². The number of benzene rings is 2. The van der Waals surface area contributed by atoms with E-state index >= 15 is 0 Å². The first-order valence-corrected chi connectivity index (χ1v) is 6.69. The Morgan fingerprint density at radius 2 is 2.05 bits per heavy atom. The zero-order chi connectivity index (χ0) is 14.7. The number of nitro benzene ring substituents is 1. The normalized spacial score (nSPS) is 10.3. The lowest BCUT2D eigenvalue weighted by atomic mass is 10.2. The van der Waals surface area contributed by atoms with Crippen LogP contribution in [0.2, 0.25) is 0 Å². The summed E-state index contributed by atoms with van der Waals surface area (Å²) in [6.45, 7) is 2.12. The third kappa shape index (κ3) is 3.33. The van der Waals surface area contributed by atoms with Crippen molar-refractivity contribution >= 4 is 27.3 Å². The van der Waals surface area contributed by atoms with Crippen LogP contribution in [0.3, 0.4) is 0 Å². The van der Waals surface area contributed by atoms with Gasteiger partial charge < -0.3 is 5.32 Å². The molecule has 0 aromatic heterocycles. The monoisotopic (exact) mass is 338 g/mol. The predicted molar refractivity (Wildman–Crippen MR) is 79.3 cm³/mol. The zero-order valence-electron chi connectivity index (χ0n) is 10.7. The average molecular weight is 339 g/mol. The van der Waals surface area contributed by atoms with Crippen molar-refractivity contribution in [3.8, 4) is 0 Å². The fourth-order valence-electron chi connectivity index (χ4n) is 1.77. The highest BCUT2D eigenvalue weighted by atomic mass is 79.9. The van der Waals surface area contributed by atoms with E-state index in [1.165, 1.54) is 12.1 Å². The lowest BCUT2D eigenvalue weighted by Crippen LogP contribution is -2.01. The third-order valence-corrected chi connectivity index (χ3v) is 3.53. The van der Waals surface area contributed by atoms with Gasteiger partial charge in [0.1, 0.15) is 5.82 Å². The van der Waals surface area contributed by atoms with Crippen LogP contribution < -0.4 is 5.32 Å². The molecule has 0 bridgehead atoms. The molecule has 2 aromatic rings. The Kier molecular flexibility index (Phi) is 4.34. The topological polar surface area (TPSA) is 55.2 Å². The maximum Gasteiger partial charge on any atom is 0.283 e. The fraction of sp³-hybridized carbons (Fsp3) is 0.143. The van der Waals surface area contributed by atoms with Gasteiger partial charge in [0.15, 0.2) is 0 Å². The number of hydrogen-bond donors (Lipinski definition) is 1. The molecule has 0 spiro atoms. The molecule has 0 heterocycles. The first-order valence-electron chi connectivity index (χ1n) is 5.90. The summed E-state index contributed by atoms with van der Waals surface area (Å²) < 4.78 is 13.6. The van der Waals surface area contributed by atoms with Crippen molar-refractivity contribution in [2.75, 3.05) is 5.32 Å². The second-order valence-corrected chi connectivity index (χ2v) is 5.21. The quantitative estimate of drug-likeness (QED) is 0.663. The molecule has 2 aromatic carbocycles. The molecule has 0 aliphatic heterocycles. The van der Waals surface area contributed by atoms with E-state index < -0.39 is 4.92 Å². The standard InChI is InChI=1S/C14H12BrFN2O2/c1-9-6-11(3-5-13(9)16)17-8-10-2-4-12(15)14(7-10)18(19)20/h2-7,17H,8H2,1H3. The van der Waals surface area contributed by atoms with Gasteiger partial charge in [-0.15, -0.1) is 0 Å². The summed E-state index contributed by atoms with van der Waals surface area (Å²) >= 11 is 3.14. The van der Waals surface area contributed by atoms with Crippen LogP contribution in [0.15, 0.2) is 40.9 Å². The minimum Gasteiger partial charge on any atom is -0.381 e. The minimum atomic E-state index is -0.435. The Bertz CT molecular complexity index is 662. The molecule has 0 amide bonds.